The number of methoxy groups -OCH3 is 2. The number of benzene rings is 1. The van der Waals surface area contributed by atoms with E-state index in [-0.39, 0.29) is 36.7 Å². The summed E-state index contributed by atoms with van der Waals surface area (Å²) in [6.45, 7) is 3.15. The van der Waals surface area contributed by atoms with E-state index < -0.39 is 0 Å². The average Bonchev–Trinajstić information content (AvgIpc) is 2.72. The number of ether oxygens (including phenoxy) is 3. The summed E-state index contributed by atoms with van der Waals surface area (Å²) in [5.41, 5.74) is 0.462. The van der Waals surface area contributed by atoms with Crippen LogP contribution in [0.15, 0.2) is 18.2 Å². The number of nitrogens with zero attached hydrogens (tertiary/aromatic N) is 1. The molecule has 2 rings (SSSR count). The Morgan fingerprint density at radius 3 is 2.18 bits per heavy atom. The van der Waals surface area contributed by atoms with E-state index in [0.717, 1.165) is 0 Å². The van der Waals surface area contributed by atoms with Crippen LogP contribution in [0.2, 0.25) is 0 Å². The second-order valence-electron chi connectivity index (χ2n) is 6.53. The van der Waals surface area contributed by atoms with Crippen LogP contribution in [0.4, 0.5) is 0 Å². The van der Waals surface area contributed by atoms with Crippen LogP contribution < -0.4 is 14.8 Å². The van der Waals surface area contributed by atoms with Crippen LogP contribution in [0.25, 0.3) is 0 Å². The maximum Gasteiger partial charge on any atom is 0.306 e. The molecule has 1 aliphatic rings. The van der Waals surface area contributed by atoms with Gasteiger partial charge in [-0.2, -0.15) is 0 Å². The highest BCUT2D eigenvalue weighted by Gasteiger charge is 2.24. The number of rotatable bonds is 8. The molecule has 1 heterocycles. The van der Waals surface area contributed by atoms with Gasteiger partial charge in [0.1, 0.15) is 11.5 Å². The van der Waals surface area contributed by atoms with E-state index in [0.29, 0.717) is 49.6 Å². The van der Waals surface area contributed by atoms with Crippen molar-refractivity contribution in [2.75, 3.05) is 33.9 Å². The molecule has 154 valence electrons. The van der Waals surface area contributed by atoms with Gasteiger partial charge in [0, 0.05) is 37.2 Å². The first kappa shape index (κ1) is 21.5. The zero-order valence-electron chi connectivity index (χ0n) is 16.7. The maximum atomic E-state index is 12.5. The summed E-state index contributed by atoms with van der Waals surface area (Å²) >= 11 is 0. The molecule has 1 fully saturated rings. The number of nitrogens with one attached hydrogen (secondary N) is 1. The van der Waals surface area contributed by atoms with E-state index in [1.807, 2.05) is 0 Å². The number of piperidine rings is 1. The standard InChI is InChI=1S/C20H28N2O6/c1-4-28-19(24)6-5-18(23)22-9-7-15(8-10-22)21-20(25)14-11-16(26-2)13-17(12-14)27-3/h11-13,15H,4-10H2,1-3H3,(H,21,25). The first-order valence-corrected chi connectivity index (χ1v) is 9.44. The molecule has 1 aromatic rings. The van der Waals surface area contributed by atoms with Gasteiger partial charge in [0.25, 0.3) is 5.91 Å². The van der Waals surface area contributed by atoms with Crippen molar-refractivity contribution in [1.29, 1.82) is 0 Å². The molecule has 8 nitrogen and oxygen atoms in total. The average molecular weight is 392 g/mol. The van der Waals surface area contributed by atoms with Gasteiger partial charge in [-0.3, -0.25) is 14.4 Å². The first-order valence-electron chi connectivity index (χ1n) is 9.44. The Morgan fingerprint density at radius 1 is 1.04 bits per heavy atom. The second kappa shape index (κ2) is 10.5. The van der Waals surface area contributed by atoms with E-state index >= 15 is 0 Å². The van der Waals surface area contributed by atoms with Gasteiger partial charge in [-0.1, -0.05) is 0 Å². The molecule has 0 unspecified atom stereocenters. The minimum Gasteiger partial charge on any atom is -0.497 e. The summed E-state index contributed by atoms with van der Waals surface area (Å²) in [4.78, 5) is 37.9. The molecule has 0 aliphatic carbocycles. The molecule has 0 spiro atoms. The summed E-state index contributed by atoms with van der Waals surface area (Å²) < 4.78 is 15.2. The fraction of sp³-hybridized carbons (Fsp3) is 0.550. The number of esters is 1. The van der Waals surface area contributed by atoms with Crippen LogP contribution >= 0.6 is 0 Å². The molecule has 0 bridgehead atoms. The summed E-state index contributed by atoms with van der Waals surface area (Å²) in [6, 6.07) is 5.01. The molecule has 28 heavy (non-hydrogen) atoms. The molecule has 0 saturated carbocycles. The number of carbonyl (C=O) groups excluding carboxylic acids is 3. The highest BCUT2D eigenvalue weighted by molar-refractivity contribution is 5.95. The highest BCUT2D eigenvalue weighted by atomic mass is 16.5. The molecule has 0 aromatic heterocycles. The Kier molecular flexibility index (Phi) is 8.10. The second-order valence-corrected chi connectivity index (χ2v) is 6.53. The molecule has 0 atom stereocenters. The van der Waals surface area contributed by atoms with Crippen LogP contribution in [0.5, 0.6) is 11.5 Å². The van der Waals surface area contributed by atoms with Gasteiger partial charge >= 0.3 is 5.97 Å². The number of carbonyl (C=O) groups is 3. The van der Waals surface area contributed by atoms with E-state index in [9.17, 15) is 14.4 Å². The molecular formula is C20H28N2O6. The lowest BCUT2D eigenvalue weighted by Crippen LogP contribution is -2.46. The molecular weight excluding hydrogens is 364 g/mol. The molecule has 1 aromatic carbocycles. The monoisotopic (exact) mass is 392 g/mol. The van der Waals surface area contributed by atoms with Crippen molar-refractivity contribution in [2.45, 2.75) is 38.6 Å². The van der Waals surface area contributed by atoms with Crippen molar-refractivity contribution in [3.8, 4) is 11.5 Å². The minimum absolute atomic E-state index is 0.0150. The van der Waals surface area contributed by atoms with E-state index in [1.165, 1.54) is 14.2 Å². The van der Waals surface area contributed by atoms with Crippen molar-refractivity contribution in [3.63, 3.8) is 0 Å². The minimum atomic E-state index is -0.355. The predicted octanol–water partition coefficient (Wildman–Crippen LogP) is 1.77. The van der Waals surface area contributed by atoms with Crippen LogP contribution in [0.1, 0.15) is 43.0 Å². The fourth-order valence-corrected chi connectivity index (χ4v) is 3.08. The zero-order valence-corrected chi connectivity index (χ0v) is 16.7. The fourth-order valence-electron chi connectivity index (χ4n) is 3.08. The summed E-state index contributed by atoms with van der Waals surface area (Å²) in [6.07, 6.45) is 1.58. The van der Waals surface area contributed by atoms with Gasteiger partial charge in [0.15, 0.2) is 0 Å². The smallest absolute Gasteiger partial charge is 0.306 e. The Morgan fingerprint density at radius 2 is 1.64 bits per heavy atom. The topological polar surface area (TPSA) is 94.2 Å². The Labute approximate surface area is 165 Å². The summed E-state index contributed by atoms with van der Waals surface area (Å²) in [5.74, 6) is 0.476. The zero-order chi connectivity index (χ0) is 20.5. The lowest BCUT2D eigenvalue weighted by molar-refractivity contribution is -0.145. The van der Waals surface area contributed by atoms with Crippen molar-refractivity contribution >= 4 is 17.8 Å². The predicted molar refractivity (Wildman–Crippen MR) is 102 cm³/mol. The van der Waals surface area contributed by atoms with E-state index in [4.69, 9.17) is 14.2 Å². The Hall–Kier alpha value is -2.77. The van der Waals surface area contributed by atoms with Gasteiger partial charge in [0.05, 0.1) is 27.2 Å². The number of hydrogen-bond acceptors (Lipinski definition) is 6. The van der Waals surface area contributed by atoms with Gasteiger partial charge in [0.2, 0.25) is 5.91 Å². The van der Waals surface area contributed by atoms with E-state index in [2.05, 4.69) is 5.32 Å². The first-order chi connectivity index (χ1) is 13.5. The molecule has 1 aliphatic heterocycles. The van der Waals surface area contributed by atoms with Crippen molar-refractivity contribution in [1.82, 2.24) is 10.2 Å². The third kappa shape index (κ3) is 6.14. The SMILES string of the molecule is CCOC(=O)CCC(=O)N1CCC(NC(=O)c2cc(OC)cc(OC)c2)CC1. The van der Waals surface area contributed by atoms with Crippen molar-refractivity contribution in [3.05, 3.63) is 23.8 Å². The van der Waals surface area contributed by atoms with Gasteiger partial charge in [-0.25, -0.2) is 0 Å². The molecule has 1 saturated heterocycles. The van der Waals surface area contributed by atoms with E-state index in [1.54, 1.807) is 30.0 Å². The summed E-state index contributed by atoms with van der Waals surface area (Å²) in [7, 11) is 3.07. The van der Waals surface area contributed by atoms with Gasteiger partial charge in [-0.15, -0.1) is 0 Å². The number of amides is 2. The Balaban J connectivity index is 1.83. The molecule has 8 heteroatoms. The third-order valence-electron chi connectivity index (χ3n) is 4.64. The van der Waals surface area contributed by atoms with Crippen LogP contribution in [0, 0.1) is 0 Å². The van der Waals surface area contributed by atoms with Crippen molar-refractivity contribution < 1.29 is 28.6 Å². The summed E-state index contributed by atoms with van der Waals surface area (Å²) in [5, 5.41) is 3.00. The van der Waals surface area contributed by atoms with Gasteiger partial charge in [-0.05, 0) is 31.9 Å². The quantitative estimate of drug-likeness (QED) is 0.678. The molecule has 0 radical (unpaired) electrons. The third-order valence-corrected chi connectivity index (χ3v) is 4.64. The highest BCUT2D eigenvalue weighted by Crippen LogP contribution is 2.23. The van der Waals surface area contributed by atoms with Crippen molar-refractivity contribution in [2.24, 2.45) is 0 Å². The molecule has 2 amide bonds. The number of likely N-dealkylation sites (tertiary alicyclic amines) is 1. The van der Waals surface area contributed by atoms with Crippen LogP contribution in [-0.2, 0) is 14.3 Å². The normalized spacial score (nSPS) is 14.3. The lowest BCUT2D eigenvalue weighted by Gasteiger charge is -2.32. The maximum absolute atomic E-state index is 12.5. The van der Waals surface area contributed by atoms with Gasteiger partial charge < -0.3 is 24.4 Å². The van der Waals surface area contributed by atoms with Crippen LogP contribution in [-0.4, -0.2) is 62.6 Å². The lowest BCUT2D eigenvalue weighted by atomic mass is 10.0. The largest absolute Gasteiger partial charge is 0.497 e. The number of hydrogen-bond donors (Lipinski definition) is 1. The Bertz CT molecular complexity index is 676. The van der Waals surface area contributed by atoms with Crippen LogP contribution in [0.3, 0.4) is 0 Å². The molecule has 1 N–H and O–H groups in total.